The highest BCUT2D eigenvalue weighted by Gasteiger charge is 2.24. The van der Waals surface area contributed by atoms with Crippen LogP contribution in [0, 0.1) is 0 Å². The van der Waals surface area contributed by atoms with Crippen molar-refractivity contribution in [2.24, 2.45) is 0 Å². The van der Waals surface area contributed by atoms with Crippen molar-refractivity contribution >= 4 is 21.8 Å². The van der Waals surface area contributed by atoms with Gasteiger partial charge in [-0.1, -0.05) is 6.07 Å². The van der Waals surface area contributed by atoms with Crippen molar-refractivity contribution in [3.63, 3.8) is 0 Å². The molecule has 0 aliphatic carbocycles. The summed E-state index contributed by atoms with van der Waals surface area (Å²) in [6.45, 7) is 1.16. The first kappa shape index (κ1) is 11.8. The zero-order chi connectivity index (χ0) is 12.6. The molecule has 92 valence electrons. The summed E-state index contributed by atoms with van der Waals surface area (Å²) in [7, 11) is -4.65. The maximum atomic E-state index is 12.8. The van der Waals surface area contributed by atoms with Crippen LogP contribution in [0.5, 0.6) is 5.75 Å². The van der Waals surface area contributed by atoms with E-state index in [-0.39, 0.29) is 18.1 Å². The highest BCUT2D eigenvalue weighted by molar-refractivity contribution is 7.86. The molecule has 2 rings (SSSR count). The van der Waals surface area contributed by atoms with Crippen molar-refractivity contribution in [2.45, 2.75) is 12.2 Å². The summed E-state index contributed by atoms with van der Waals surface area (Å²) in [6.07, 6.45) is 0. The molecule has 1 aromatic carbocycles. The first-order chi connectivity index (χ1) is 7.88. The number of hydrogen-bond donors (Lipinski definition) is 1. The lowest BCUT2D eigenvalue weighted by Crippen LogP contribution is -2.25. The molecule has 17 heavy (non-hydrogen) atoms. The van der Waals surface area contributed by atoms with Gasteiger partial charge in [-0.25, -0.2) is 0 Å². The molecule has 1 atom stereocenters. The summed E-state index contributed by atoms with van der Waals surface area (Å²) in [4.78, 5) is 11.1. The minimum absolute atomic E-state index is 0.0800. The van der Waals surface area contributed by atoms with Crippen LogP contribution in [0.15, 0.2) is 18.2 Å². The molecule has 1 aliphatic heterocycles. The number of nitrogens with one attached hydrogen (secondary N) is 1. The van der Waals surface area contributed by atoms with Gasteiger partial charge in [-0.2, -0.15) is 8.42 Å². The molecule has 0 saturated heterocycles. The van der Waals surface area contributed by atoms with Gasteiger partial charge in [0.2, 0.25) is 0 Å². The second-order valence-electron chi connectivity index (χ2n) is 3.71. The third-order valence-electron chi connectivity index (χ3n) is 2.53. The Balaban J connectivity index is 2.40. The number of amides is 1. The Hall–Kier alpha value is -1.63. The zero-order valence-corrected chi connectivity index (χ0v) is 9.75. The normalized spacial score (nSPS) is 16.7. The van der Waals surface area contributed by atoms with E-state index < -0.39 is 15.5 Å². The largest absolute Gasteiger partial charge is 0.482 e. The van der Waals surface area contributed by atoms with Gasteiger partial charge in [0, 0.05) is 0 Å². The van der Waals surface area contributed by atoms with Crippen LogP contribution in [0.2, 0.25) is 0 Å². The Morgan fingerprint density at radius 2 is 2.18 bits per heavy atom. The maximum Gasteiger partial charge on any atom is 0.309 e. The van der Waals surface area contributed by atoms with E-state index in [1.165, 1.54) is 25.1 Å². The number of benzene rings is 1. The van der Waals surface area contributed by atoms with E-state index in [2.05, 4.69) is 5.32 Å². The van der Waals surface area contributed by atoms with E-state index in [0.717, 1.165) is 0 Å². The van der Waals surface area contributed by atoms with E-state index in [1.807, 2.05) is 0 Å². The number of rotatable bonds is 2. The fourth-order valence-electron chi connectivity index (χ4n) is 1.52. The van der Waals surface area contributed by atoms with E-state index in [9.17, 15) is 17.1 Å². The lowest BCUT2D eigenvalue weighted by molar-refractivity contribution is -0.118. The zero-order valence-electron chi connectivity index (χ0n) is 8.94. The van der Waals surface area contributed by atoms with Crippen LogP contribution in [-0.4, -0.2) is 20.9 Å². The van der Waals surface area contributed by atoms with Gasteiger partial charge in [-0.3, -0.25) is 4.79 Å². The van der Waals surface area contributed by atoms with Gasteiger partial charge >= 0.3 is 10.2 Å². The summed E-state index contributed by atoms with van der Waals surface area (Å²) in [5.41, 5.74) is 0.617. The van der Waals surface area contributed by atoms with Crippen molar-refractivity contribution in [1.82, 2.24) is 0 Å². The first-order valence-electron chi connectivity index (χ1n) is 4.88. The molecule has 0 radical (unpaired) electrons. The maximum absolute atomic E-state index is 12.8. The van der Waals surface area contributed by atoms with Crippen LogP contribution in [0.25, 0.3) is 0 Å². The second kappa shape index (κ2) is 3.99. The van der Waals surface area contributed by atoms with Crippen LogP contribution in [0.1, 0.15) is 17.7 Å². The molecule has 0 bridgehead atoms. The third kappa shape index (κ3) is 2.38. The van der Waals surface area contributed by atoms with Crippen LogP contribution >= 0.6 is 0 Å². The summed E-state index contributed by atoms with van der Waals surface area (Å²) < 4.78 is 39.5. The highest BCUT2D eigenvalue weighted by atomic mass is 32.3. The highest BCUT2D eigenvalue weighted by Crippen LogP contribution is 2.33. The van der Waals surface area contributed by atoms with Gasteiger partial charge in [0.25, 0.3) is 5.91 Å². The predicted octanol–water partition coefficient (Wildman–Crippen LogP) is 1.38. The van der Waals surface area contributed by atoms with Gasteiger partial charge in [0.15, 0.2) is 6.61 Å². The average Bonchev–Trinajstić information content (AvgIpc) is 2.25. The van der Waals surface area contributed by atoms with E-state index in [1.54, 1.807) is 0 Å². The molecular weight excluding hydrogens is 249 g/mol. The summed E-state index contributed by atoms with van der Waals surface area (Å²) in [5.74, 6) is 0.113. The Labute approximate surface area is 97.8 Å². The standard InChI is InChI=1S/C10H10FNO4S/c1-6(17(11,14)15)7-2-3-9-8(4-7)12-10(13)5-16-9/h2-4,6H,5H2,1H3,(H,12,13). The molecule has 1 heterocycles. The van der Waals surface area contributed by atoms with Crippen LogP contribution in [0.4, 0.5) is 9.57 Å². The summed E-state index contributed by atoms with van der Waals surface area (Å²) >= 11 is 0. The predicted molar refractivity (Wildman–Crippen MR) is 59.0 cm³/mol. The van der Waals surface area contributed by atoms with Gasteiger partial charge in [-0.15, -0.1) is 3.89 Å². The molecule has 0 fully saturated rings. The van der Waals surface area contributed by atoms with Crippen molar-refractivity contribution in [2.75, 3.05) is 11.9 Å². The average molecular weight is 259 g/mol. The molecule has 0 saturated carbocycles. The molecule has 0 spiro atoms. The Morgan fingerprint density at radius 1 is 1.47 bits per heavy atom. The van der Waals surface area contributed by atoms with Crippen molar-refractivity contribution in [3.8, 4) is 5.75 Å². The van der Waals surface area contributed by atoms with Crippen LogP contribution < -0.4 is 10.1 Å². The fourth-order valence-corrected chi connectivity index (χ4v) is 1.99. The van der Waals surface area contributed by atoms with Crippen molar-refractivity contribution in [1.29, 1.82) is 0 Å². The lowest BCUT2D eigenvalue weighted by atomic mass is 10.1. The Kier molecular flexibility index (Phi) is 2.78. The monoisotopic (exact) mass is 259 g/mol. The van der Waals surface area contributed by atoms with E-state index >= 15 is 0 Å². The molecular formula is C10H10FNO4S. The number of carbonyl (C=O) groups excluding carboxylic acids is 1. The van der Waals surface area contributed by atoms with Gasteiger partial charge in [-0.05, 0) is 24.6 Å². The number of fused-ring (bicyclic) bond motifs is 1. The minimum atomic E-state index is -4.65. The molecule has 1 amide bonds. The number of hydrogen-bond acceptors (Lipinski definition) is 4. The molecule has 1 aromatic rings. The minimum Gasteiger partial charge on any atom is -0.482 e. The summed E-state index contributed by atoms with van der Waals surface area (Å²) in [5, 5.41) is 1.25. The third-order valence-corrected chi connectivity index (χ3v) is 3.64. The molecule has 0 aromatic heterocycles. The number of ether oxygens (including phenoxy) is 1. The Bertz CT molecular complexity index is 570. The lowest BCUT2D eigenvalue weighted by Gasteiger charge is -2.19. The second-order valence-corrected chi connectivity index (χ2v) is 5.37. The van der Waals surface area contributed by atoms with E-state index in [4.69, 9.17) is 4.74 Å². The van der Waals surface area contributed by atoms with Gasteiger partial charge in [0.05, 0.1) is 5.69 Å². The first-order valence-corrected chi connectivity index (χ1v) is 6.32. The number of halogens is 1. The van der Waals surface area contributed by atoms with Crippen LogP contribution in [0.3, 0.4) is 0 Å². The SMILES string of the molecule is CC(c1ccc2c(c1)NC(=O)CO2)S(=O)(=O)F. The fraction of sp³-hybridized carbons (Fsp3) is 0.300. The van der Waals surface area contributed by atoms with Gasteiger partial charge < -0.3 is 10.1 Å². The van der Waals surface area contributed by atoms with Crippen molar-refractivity contribution < 1.29 is 21.8 Å². The molecule has 1 N–H and O–H groups in total. The summed E-state index contributed by atoms with van der Waals surface area (Å²) in [6, 6.07) is 4.36. The quantitative estimate of drug-likeness (QED) is 0.814. The topological polar surface area (TPSA) is 72.5 Å². The number of carbonyl (C=O) groups is 1. The molecule has 7 heteroatoms. The molecule has 5 nitrogen and oxygen atoms in total. The Morgan fingerprint density at radius 3 is 2.82 bits per heavy atom. The van der Waals surface area contributed by atoms with Crippen LogP contribution in [-0.2, 0) is 15.0 Å². The van der Waals surface area contributed by atoms with Gasteiger partial charge in [0.1, 0.15) is 11.0 Å². The smallest absolute Gasteiger partial charge is 0.309 e. The molecule has 1 unspecified atom stereocenters. The number of anilines is 1. The van der Waals surface area contributed by atoms with E-state index in [0.29, 0.717) is 11.4 Å². The van der Waals surface area contributed by atoms with Crippen molar-refractivity contribution in [3.05, 3.63) is 23.8 Å². The molecule has 1 aliphatic rings.